The van der Waals surface area contributed by atoms with Gasteiger partial charge in [0.2, 0.25) is 0 Å². The summed E-state index contributed by atoms with van der Waals surface area (Å²) in [6.07, 6.45) is 3.00. The first-order valence-electron chi connectivity index (χ1n) is 6.71. The van der Waals surface area contributed by atoms with E-state index in [1.165, 1.54) is 0 Å². The average molecular weight is 288 g/mol. The second-order valence-corrected chi connectivity index (χ2v) is 5.67. The number of carbonyl (C=O) groups is 1. The summed E-state index contributed by atoms with van der Waals surface area (Å²) < 4.78 is 5.19. The third kappa shape index (κ3) is 4.24. The molecular formula is C15H20N4O2. The molecule has 1 atom stereocenters. The van der Waals surface area contributed by atoms with Crippen molar-refractivity contribution in [2.24, 2.45) is 10.8 Å². The summed E-state index contributed by atoms with van der Waals surface area (Å²) >= 11 is 0. The second kappa shape index (κ2) is 5.87. The minimum absolute atomic E-state index is 0.298. The van der Waals surface area contributed by atoms with Crippen LogP contribution < -0.4 is 16.1 Å². The molecule has 1 unspecified atom stereocenters. The van der Waals surface area contributed by atoms with Gasteiger partial charge in [-0.2, -0.15) is 5.10 Å². The van der Waals surface area contributed by atoms with E-state index >= 15 is 0 Å². The van der Waals surface area contributed by atoms with E-state index in [0.717, 1.165) is 5.69 Å². The monoisotopic (exact) mass is 288 g/mol. The van der Waals surface area contributed by atoms with Gasteiger partial charge in [0, 0.05) is 6.20 Å². The summed E-state index contributed by atoms with van der Waals surface area (Å²) in [6.45, 7) is 5.41. The standard InChI is InChI=1S/C15H20N4O2/c1-15(2,3)21-14(20)17-12-9-10-19(18-13(12)16)11-7-5-4-6-8-11/h4-10,12H,1-3H3,(H2,16,18)(H,17,20). The molecule has 0 aromatic heterocycles. The van der Waals surface area contributed by atoms with Gasteiger partial charge in [0.25, 0.3) is 0 Å². The lowest BCUT2D eigenvalue weighted by atomic mass is 10.2. The van der Waals surface area contributed by atoms with Crippen molar-refractivity contribution < 1.29 is 9.53 Å². The number of nitrogens with one attached hydrogen (secondary N) is 1. The van der Waals surface area contributed by atoms with E-state index in [9.17, 15) is 4.79 Å². The summed E-state index contributed by atoms with van der Waals surface area (Å²) in [4.78, 5) is 11.7. The quantitative estimate of drug-likeness (QED) is 0.874. The zero-order valence-corrected chi connectivity index (χ0v) is 12.4. The molecule has 6 heteroatoms. The van der Waals surface area contributed by atoms with Crippen LogP contribution in [-0.2, 0) is 4.74 Å². The van der Waals surface area contributed by atoms with Crippen molar-refractivity contribution in [1.29, 1.82) is 0 Å². The molecule has 0 bridgehead atoms. The molecular weight excluding hydrogens is 268 g/mol. The third-order valence-electron chi connectivity index (χ3n) is 2.65. The van der Waals surface area contributed by atoms with E-state index in [1.54, 1.807) is 38.1 Å². The Balaban J connectivity index is 2.01. The highest BCUT2D eigenvalue weighted by atomic mass is 16.6. The fraction of sp³-hybridized carbons (Fsp3) is 0.333. The van der Waals surface area contributed by atoms with E-state index in [0.29, 0.717) is 5.84 Å². The third-order valence-corrected chi connectivity index (χ3v) is 2.65. The summed E-state index contributed by atoms with van der Waals surface area (Å²) in [5, 5.41) is 8.58. The Hall–Kier alpha value is -2.50. The molecule has 1 aromatic rings. The van der Waals surface area contributed by atoms with Gasteiger partial charge in [0.05, 0.1) is 5.69 Å². The number of hydrazone groups is 1. The lowest BCUT2D eigenvalue weighted by Gasteiger charge is -2.26. The Morgan fingerprint density at radius 1 is 1.33 bits per heavy atom. The van der Waals surface area contributed by atoms with Crippen LogP contribution >= 0.6 is 0 Å². The van der Waals surface area contributed by atoms with Crippen LogP contribution in [0.15, 0.2) is 47.7 Å². The zero-order valence-electron chi connectivity index (χ0n) is 12.4. The number of para-hydroxylation sites is 1. The van der Waals surface area contributed by atoms with Gasteiger partial charge in [-0.1, -0.05) is 18.2 Å². The van der Waals surface area contributed by atoms with Crippen molar-refractivity contribution in [3.05, 3.63) is 42.6 Å². The minimum Gasteiger partial charge on any atom is -0.444 e. The minimum atomic E-state index is -0.551. The van der Waals surface area contributed by atoms with Gasteiger partial charge in [-0.15, -0.1) is 0 Å². The maximum Gasteiger partial charge on any atom is 0.408 e. The molecule has 0 aliphatic carbocycles. The Morgan fingerprint density at radius 3 is 2.57 bits per heavy atom. The van der Waals surface area contributed by atoms with Crippen LogP contribution in [0.2, 0.25) is 0 Å². The number of rotatable bonds is 2. The van der Waals surface area contributed by atoms with Crippen LogP contribution in [0.5, 0.6) is 0 Å². The molecule has 1 aromatic carbocycles. The van der Waals surface area contributed by atoms with Crippen LogP contribution in [0.1, 0.15) is 20.8 Å². The maximum atomic E-state index is 11.7. The van der Waals surface area contributed by atoms with E-state index < -0.39 is 17.7 Å². The highest BCUT2D eigenvalue weighted by Crippen LogP contribution is 2.17. The number of amides is 1. The van der Waals surface area contributed by atoms with Crippen LogP contribution in [0, 0.1) is 0 Å². The van der Waals surface area contributed by atoms with Gasteiger partial charge < -0.3 is 15.8 Å². The molecule has 0 radical (unpaired) electrons. The van der Waals surface area contributed by atoms with Gasteiger partial charge in [0.1, 0.15) is 17.5 Å². The summed E-state index contributed by atoms with van der Waals surface area (Å²) in [5.41, 5.74) is 6.25. The SMILES string of the molecule is CC(C)(C)OC(=O)NC1C=CN(c2ccccc2)N=C1N. The number of benzene rings is 1. The lowest BCUT2D eigenvalue weighted by Crippen LogP contribution is -2.47. The zero-order chi connectivity index (χ0) is 15.5. The van der Waals surface area contributed by atoms with Crippen molar-refractivity contribution in [3.63, 3.8) is 0 Å². The number of hydrogen-bond donors (Lipinski definition) is 2. The Bertz CT molecular complexity index is 561. The highest BCUT2D eigenvalue weighted by Gasteiger charge is 2.22. The first-order chi connectivity index (χ1) is 9.85. The van der Waals surface area contributed by atoms with Gasteiger partial charge in [0.15, 0.2) is 0 Å². The normalized spacial score (nSPS) is 18.1. The summed E-state index contributed by atoms with van der Waals surface area (Å²) in [7, 11) is 0. The van der Waals surface area contributed by atoms with E-state index in [-0.39, 0.29) is 0 Å². The second-order valence-electron chi connectivity index (χ2n) is 5.67. The number of anilines is 1. The number of nitrogens with two attached hydrogens (primary N) is 1. The van der Waals surface area contributed by atoms with Crippen molar-refractivity contribution in [3.8, 4) is 0 Å². The molecule has 21 heavy (non-hydrogen) atoms. The number of hydrogen-bond acceptors (Lipinski definition) is 5. The van der Waals surface area contributed by atoms with Gasteiger partial charge in [-0.25, -0.2) is 9.80 Å². The topological polar surface area (TPSA) is 80.0 Å². The average Bonchev–Trinajstić information content (AvgIpc) is 2.40. The number of amidine groups is 1. The summed E-state index contributed by atoms with van der Waals surface area (Å²) in [5.74, 6) is 0.298. The predicted octanol–water partition coefficient (Wildman–Crippen LogP) is 2.19. The fourth-order valence-corrected chi connectivity index (χ4v) is 1.77. The van der Waals surface area contributed by atoms with Gasteiger partial charge in [-0.3, -0.25) is 0 Å². The molecule has 3 N–H and O–H groups in total. The molecule has 0 fully saturated rings. The van der Waals surface area contributed by atoms with E-state index in [2.05, 4.69) is 10.4 Å². The number of ether oxygens (including phenoxy) is 1. The maximum absolute atomic E-state index is 11.7. The van der Waals surface area contributed by atoms with E-state index in [1.807, 2.05) is 30.3 Å². The Morgan fingerprint density at radius 2 is 2.00 bits per heavy atom. The molecule has 1 heterocycles. The number of carbonyl (C=O) groups excluding carboxylic acids is 1. The van der Waals surface area contributed by atoms with Gasteiger partial charge >= 0.3 is 6.09 Å². The molecule has 112 valence electrons. The number of alkyl carbamates (subject to hydrolysis) is 1. The van der Waals surface area contributed by atoms with Crippen molar-refractivity contribution in [2.45, 2.75) is 32.4 Å². The lowest BCUT2D eigenvalue weighted by molar-refractivity contribution is 0.0525. The van der Waals surface area contributed by atoms with Crippen molar-refractivity contribution >= 4 is 17.6 Å². The van der Waals surface area contributed by atoms with Crippen LogP contribution in [0.4, 0.5) is 10.5 Å². The first kappa shape index (κ1) is 14.9. The van der Waals surface area contributed by atoms with Crippen molar-refractivity contribution in [2.75, 3.05) is 5.01 Å². The Kier molecular flexibility index (Phi) is 4.16. The fourth-order valence-electron chi connectivity index (χ4n) is 1.77. The molecule has 2 rings (SSSR count). The molecule has 1 aliphatic heterocycles. The molecule has 1 aliphatic rings. The largest absolute Gasteiger partial charge is 0.444 e. The molecule has 0 saturated carbocycles. The van der Waals surface area contributed by atoms with Crippen LogP contribution in [-0.4, -0.2) is 23.6 Å². The van der Waals surface area contributed by atoms with Crippen LogP contribution in [0.3, 0.4) is 0 Å². The molecule has 0 spiro atoms. The molecule has 6 nitrogen and oxygen atoms in total. The van der Waals surface area contributed by atoms with E-state index in [4.69, 9.17) is 10.5 Å². The predicted molar refractivity (Wildman–Crippen MR) is 82.8 cm³/mol. The smallest absolute Gasteiger partial charge is 0.408 e. The first-order valence-corrected chi connectivity index (χ1v) is 6.71. The Labute approximate surface area is 124 Å². The van der Waals surface area contributed by atoms with Gasteiger partial charge in [-0.05, 0) is 39.0 Å². The molecule has 0 saturated heterocycles. The van der Waals surface area contributed by atoms with Crippen molar-refractivity contribution in [1.82, 2.24) is 5.32 Å². The summed E-state index contributed by atoms with van der Waals surface area (Å²) in [6, 6.07) is 9.13. The van der Waals surface area contributed by atoms with Crippen LogP contribution in [0.25, 0.3) is 0 Å². The molecule has 1 amide bonds. The highest BCUT2D eigenvalue weighted by molar-refractivity contribution is 5.92. The number of nitrogens with zero attached hydrogens (tertiary/aromatic N) is 2.